The number of rotatable bonds is 3. The highest BCUT2D eigenvalue weighted by molar-refractivity contribution is 7.20. The summed E-state index contributed by atoms with van der Waals surface area (Å²) in [5, 5.41) is 16.5. The van der Waals surface area contributed by atoms with Crippen molar-refractivity contribution in [1.82, 2.24) is 14.6 Å². The fourth-order valence-electron chi connectivity index (χ4n) is 3.52. The standard InChI is InChI=1S/C20H23F3N4O2S/c1-18(2,3)15-12-27-16(24-15)30-17(25-27)26-9-7-19(28,8-10-26)13-5-4-6-14(11-13)29-20(21,22)23/h4-6,11-12,28H,7-10H2,1-3H3. The van der Waals surface area contributed by atoms with Crippen molar-refractivity contribution in [3.63, 3.8) is 0 Å². The summed E-state index contributed by atoms with van der Waals surface area (Å²) in [6.07, 6.45) is -2.09. The first-order valence-electron chi connectivity index (χ1n) is 9.63. The van der Waals surface area contributed by atoms with Gasteiger partial charge in [0.1, 0.15) is 5.75 Å². The molecule has 1 saturated heterocycles. The zero-order chi connectivity index (χ0) is 21.7. The Morgan fingerprint density at radius 2 is 1.87 bits per heavy atom. The van der Waals surface area contributed by atoms with Crippen LogP contribution in [0.4, 0.5) is 18.3 Å². The molecule has 0 radical (unpaired) electrons. The highest BCUT2D eigenvalue weighted by Crippen LogP contribution is 2.37. The summed E-state index contributed by atoms with van der Waals surface area (Å²) in [7, 11) is 0. The lowest BCUT2D eigenvalue weighted by molar-refractivity contribution is -0.274. The van der Waals surface area contributed by atoms with Gasteiger partial charge in [-0.25, -0.2) is 9.50 Å². The smallest absolute Gasteiger partial charge is 0.406 e. The van der Waals surface area contributed by atoms with Crippen molar-refractivity contribution >= 4 is 21.4 Å². The number of imidazole rings is 1. The molecule has 1 aliphatic heterocycles. The van der Waals surface area contributed by atoms with Gasteiger partial charge in [-0.3, -0.25) is 0 Å². The third-order valence-corrected chi connectivity index (χ3v) is 6.25. The molecule has 0 amide bonds. The second-order valence-electron chi connectivity index (χ2n) is 8.58. The Hall–Kier alpha value is -2.33. The van der Waals surface area contributed by atoms with E-state index in [4.69, 9.17) is 0 Å². The highest BCUT2D eigenvalue weighted by Gasteiger charge is 2.36. The van der Waals surface area contributed by atoms with Crippen molar-refractivity contribution in [2.45, 2.75) is 51.0 Å². The monoisotopic (exact) mass is 440 g/mol. The number of hydrogen-bond donors (Lipinski definition) is 1. The molecule has 3 heterocycles. The zero-order valence-electron chi connectivity index (χ0n) is 16.9. The Kier molecular flexibility index (Phi) is 4.97. The maximum absolute atomic E-state index is 12.5. The van der Waals surface area contributed by atoms with Crippen LogP contribution >= 0.6 is 11.3 Å². The van der Waals surface area contributed by atoms with Crippen LogP contribution in [0.3, 0.4) is 0 Å². The zero-order valence-corrected chi connectivity index (χ0v) is 17.7. The van der Waals surface area contributed by atoms with Crippen LogP contribution in [-0.2, 0) is 11.0 Å². The Morgan fingerprint density at radius 3 is 2.47 bits per heavy atom. The van der Waals surface area contributed by atoms with Gasteiger partial charge in [-0.05, 0) is 30.5 Å². The molecule has 30 heavy (non-hydrogen) atoms. The summed E-state index contributed by atoms with van der Waals surface area (Å²) >= 11 is 1.49. The number of nitrogens with zero attached hydrogens (tertiary/aromatic N) is 4. The molecular formula is C20H23F3N4O2S. The number of fused-ring (bicyclic) bond motifs is 1. The number of halogens is 3. The van der Waals surface area contributed by atoms with E-state index in [1.807, 2.05) is 6.20 Å². The Labute approximate surface area is 175 Å². The molecule has 0 spiro atoms. The highest BCUT2D eigenvalue weighted by atomic mass is 32.1. The molecule has 0 saturated carbocycles. The molecule has 0 unspecified atom stereocenters. The minimum atomic E-state index is -4.76. The number of benzene rings is 1. The van der Waals surface area contributed by atoms with Gasteiger partial charge in [-0.1, -0.05) is 44.2 Å². The summed E-state index contributed by atoms with van der Waals surface area (Å²) in [6, 6.07) is 5.58. The van der Waals surface area contributed by atoms with Crippen LogP contribution in [-0.4, -0.2) is 39.2 Å². The normalized spacial score (nSPS) is 17.5. The number of aliphatic hydroxyl groups is 1. The lowest BCUT2D eigenvalue weighted by atomic mass is 9.84. The van der Waals surface area contributed by atoms with Crippen LogP contribution < -0.4 is 9.64 Å². The Morgan fingerprint density at radius 1 is 1.17 bits per heavy atom. The number of hydrogen-bond acceptors (Lipinski definition) is 6. The molecular weight excluding hydrogens is 417 g/mol. The molecule has 6 nitrogen and oxygen atoms in total. The van der Waals surface area contributed by atoms with Crippen molar-refractivity contribution in [2.75, 3.05) is 18.0 Å². The summed E-state index contributed by atoms with van der Waals surface area (Å²) in [5.74, 6) is -0.327. The third-order valence-electron chi connectivity index (χ3n) is 5.27. The van der Waals surface area contributed by atoms with Crippen LogP contribution in [0.15, 0.2) is 30.5 Å². The van der Waals surface area contributed by atoms with Crippen LogP contribution in [0.25, 0.3) is 4.96 Å². The van der Waals surface area contributed by atoms with Crippen LogP contribution in [0.1, 0.15) is 44.9 Å². The van der Waals surface area contributed by atoms with Gasteiger partial charge in [-0.2, -0.15) is 0 Å². The number of ether oxygens (including phenoxy) is 1. The van der Waals surface area contributed by atoms with Crippen molar-refractivity contribution in [3.8, 4) is 5.75 Å². The quantitative estimate of drug-likeness (QED) is 0.651. The molecule has 1 N–H and O–H groups in total. The predicted octanol–water partition coefficient (Wildman–Crippen LogP) is 4.47. The van der Waals surface area contributed by atoms with E-state index in [-0.39, 0.29) is 11.2 Å². The van der Waals surface area contributed by atoms with Gasteiger partial charge >= 0.3 is 6.36 Å². The van der Waals surface area contributed by atoms with E-state index in [0.717, 1.165) is 15.8 Å². The van der Waals surface area contributed by atoms with E-state index in [9.17, 15) is 18.3 Å². The van der Waals surface area contributed by atoms with Gasteiger partial charge in [0.2, 0.25) is 10.1 Å². The number of piperidine rings is 1. The molecule has 2 aromatic heterocycles. The van der Waals surface area contributed by atoms with Gasteiger partial charge in [-0.15, -0.1) is 18.3 Å². The van der Waals surface area contributed by atoms with Crippen molar-refractivity contribution in [1.29, 1.82) is 0 Å². The third kappa shape index (κ3) is 4.24. The fourth-order valence-corrected chi connectivity index (χ4v) is 4.45. The van der Waals surface area contributed by atoms with Gasteiger partial charge in [0.25, 0.3) is 0 Å². The molecule has 162 valence electrons. The SMILES string of the molecule is CC(C)(C)c1cn2nc(N3CCC(O)(c4cccc(OC(F)(F)F)c4)CC3)sc2n1. The molecule has 0 bridgehead atoms. The van der Waals surface area contributed by atoms with E-state index < -0.39 is 12.0 Å². The van der Waals surface area contributed by atoms with Crippen LogP contribution in [0.2, 0.25) is 0 Å². The number of anilines is 1. The largest absolute Gasteiger partial charge is 0.573 e. The summed E-state index contributed by atoms with van der Waals surface area (Å²) in [5.41, 5.74) is 0.132. The fraction of sp³-hybridized carbons (Fsp3) is 0.500. The van der Waals surface area contributed by atoms with Crippen molar-refractivity contribution < 1.29 is 23.0 Å². The molecule has 3 aromatic rings. The molecule has 4 rings (SSSR count). The van der Waals surface area contributed by atoms with E-state index in [1.165, 1.54) is 29.5 Å². The maximum Gasteiger partial charge on any atom is 0.573 e. The lowest BCUT2D eigenvalue weighted by Gasteiger charge is -2.38. The summed E-state index contributed by atoms with van der Waals surface area (Å²) < 4.78 is 43.3. The molecule has 1 fully saturated rings. The van der Waals surface area contributed by atoms with Gasteiger partial charge in [0.15, 0.2) is 0 Å². The Bertz CT molecular complexity index is 1010. The second kappa shape index (κ2) is 7.12. The van der Waals surface area contributed by atoms with Gasteiger partial charge < -0.3 is 14.7 Å². The van der Waals surface area contributed by atoms with E-state index >= 15 is 0 Å². The average molecular weight is 440 g/mol. The number of alkyl halides is 3. The lowest BCUT2D eigenvalue weighted by Crippen LogP contribution is -2.42. The van der Waals surface area contributed by atoms with Crippen molar-refractivity contribution in [2.24, 2.45) is 0 Å². The van der Waals surface area contributed by atoms with Crippen molar-refractivity contribution in [3.05, 3.63) is 41.7 Å². The van der Waals surface area contributed by atoms with E-state index in [2.05, 4.69) is 40.5 Å². The average Bonchev–Trinajstić information content (AvgIpc) is 3.20. The van der Waals surface area contributed by atoms with Gasteiger partial charge in [0, 0.05) is 18.5 Å². The molecule has 1 aromatic carbocycles. The molecule has 10 heteroatoms. The Balaban J connectivity index is 1.47. The molecule has 0 aliphatic carbocycles. The first-order chi connectivity index (χ1) is 13.9. The predicted molar refractivity (Wildman–Crippen MR) is 108 cm³/mol. The second-order valence-corrected chi connectivity index (χ2v) is 9.52. The minimum Gasteiger partial charge on any atom is -0.406 e. The molecule has 1 aliphatic rings. The first-order valence-corrected chi connectivity index (χ1v) is 10.4. The van der Waals surface area contributed by atoms with Gasteiger partial charge in [0.05, 0.1) is 17.5 Å². The van der Waals surface area contributed by atoms with Crippen LogP contribution in [0.5, 0.6) is 5.75 Å². The summed E-state index contributed by atoms with van der Waals surface area (Å²) in [4.78, 5) is 7.53. The molecule has 0 atom stereocenters. The minimum absolute atomic E-state index is 0.0560. The van der Waals surface area contributed by atoms with E-state index in [0.29, 0.717) is 31.5 Å². The first kappa shape index (κ1) is 20.9. The van der Waals surface area contributed by atoms with E-state index in [1.54, 1.807) is 10.6 Å². The maximum atomic E-state index is 12.5. The van der Waals surface area contributed by atoms with Crippen LogP contribution in [0, 0.1) is 0 Å². The topological polar surface area (TPSA) is 62.9 Å². The number of aromatic nitrogens is 3. The summed E-state index contributed by atoms with van der Waals surface area (Å²) in [6.45, 7) is 7.36.